The van der Waals surface area contributed by atoms with Gasteiger partial charge in [-0.15, -0.1) is 0 Å². The van der Waals surface area contributed by atoms with Crippen molar-refractivity contribution in [2.24, 2.45) is 0 Å². The third-order valence-corrected chi connectivity index (χ3v) is 3.45. The second-order valence-corrected chi connectivity index (χ2v) is 5.17. The molecule has 0 spiro atoms. The maximum Gasteiger partial charge on any atom is 0.338 e. The first-order valence-corrected chi connectivity index (χ1v) is 7.56. The highest BCUT2D eigenvalue weighted by Gasteiger charge is 2.09. The fourth-order valence-corrected chi connectivity index (χ4v) is 2.28. The van der Waals surface area contributed by atoms with Crippen molar-refractivity contribution in [3.63, 3.8) is 0 Å². The van der Waals surface area contributed by atoms with Gasteiger partial charge >= 0.3 is 11.9 Å². The van der Waals surface area contributed by atoms with Crippen LogP contribution in [-0.2, 0) is 14.3 Å². The van der Waals surface area contributed by atoms with E-state index in [2.05, 4.69) is 0 Å². The highest BCUT2D eigenvalue weighted by atomic mass is 16.5. The standard InChI is InChI=1S/C19H20O4/c1-4-22-19(21)18-11-9-17(10-12-18)16-7-5-15(6-8-16)13(2)23-14(3)20/h5-13H,4H2,1-3H3. The molecule has 4 heteroatoms. The topological polar surface area (TPSA) is 52.6 Å². The summed E-state index contributed by atoms with van der Waals surface area (Å²) in [4.78, 5) is 22.6. The Morgan fingerprint density at radius 3 is 1.96 bits per heavy atom. The number of rotatable bonds is 5. The quantitative estimate of drug-likeness (QED) is 0.778. The number of hydrogen-bond acceptors (Lipinski definition) is 4. The van der Waals surface area contributed by atoms with Gasteiger partial charge in [-0.25, -0.2) is 4.79 Å². The van der Waals surface area contributed by atoms with Crippen LogP contribution in [0.15, 0.2) is 48.5 Å². The Labute approximate surface area is 136 Å². The second kappa shape index (κ2) is 7.58. The second-order valence-electron chi connectivity index (χ2n) is 5.17. The minimum atomic E-state index is -0.315. The first-order valence-electron chi connectivity index (χ1n) is 7.56. The van der Waals surface area contributed by atoms with Crippen molar-refractivity contribution < 1.29 is 19.1 Å². The third-order valence-electron chi connectivity index (χ3n) is 3.45. The van der Waals surface area contributed by atoms with Gasteiger partial charge in [0.25, 0.3) is 0 Å². The average Bonchev–Trinajstić information content (AvgIpc) is 2.55. The Hall–Kier alpha value is -2.62. The molecule has 0 N–H and O–H groups in total. The van der Waals surface area contributed by atoms with E-state index in [1.807, 2.05) is 43.3 Å². The molecule has 0 heterocycles. The molecule has 120 valence electrons. The molecule has 2 rings (SSSR count). The van der Waals surface area contributed by atoms with Crippen molar-refractivity contribution in [1.29, 1.82) is 0 Å². The molecule has 1 unspecified atom stereocenters. The van der Waals surface area contributed by atoms with Crippen molar-refractivity contribution >= 4 is 11.9 Å². The van der Waals surface area contributed by atoms with E-state index in [-0.39, 0.29) is 18.0 Å². The van der Waals surface area contributed by atoms with Crippen LogP contribution >= 0.6 is 0 Å². The fraction of sp³-hybridized carbons (Fsp3) is 0.263. The van der Waals surface area contributed by atoms with Crippen LogP contribution in [-0.4, -0.2) is 18.5 Å². The zero-order chi connectivity index (χ0) is 16.8. The van der Waals surface area contributed by atoms with E-state index in [9.17, 15) is 9.59 Å². The highest BCUT2D eigenvalue weighted by Crippen LogP contribution is 2.24. The van der Waals surface area contributed by atoms with Crippen LogP contribution in [0.2, 0.25) is 0 Å². The van der Waals surface area contributed by atoms with Gasteiger partial charge in [-0.1, -0.05) is 36.4 Å². The lowest BCUT2D eigenvalue weighted by Crippen LogP contribution is -2.04. The van der Waals surface area contributed by atoms with E-state index < -0.39 is 0 Å². The molecule has 2 aromatic rings. The molecule has 0 radical (unpaired) electrons. The van der Waals surface area contributed by atoms with Crippen molar-refractivity contribution in [2.75, 3.05) is 6.61 Å². The number of esters is 2. The summed E-state index contributed by atoms with van der Waals surface area (Å²) in [6, 6.07) is 15.1. The first kappa shape index (κ1) is 16.7. The number of carbonyl (C=O) groups excluding carboxylic acids is 2. The Morgan fingerprint density at radius 2 is 1.48 bits per heavy atom. The average molecular weight is 312 g/mol. The number of carbonyl (C=O) groups is 2. The van der Waals surface area contributed by atoms with Crippen molar-refractivity contribution in [1.82, 2.24) is 0 Å². The summed E-state index contributed by atoms with van der Waals surface area (Å²) < 4.78 is 10.1. The van der Waals surface area contributed by atoms with Gasteiger partial charge in [0.05, 0.1) is 12.2 Å². The first-order chi connectivity index (χ1) is 11.0. The van der Waals surface area contributed by atoms with Crippen LogP contribution in [0.5, 0.6) is 0 Å². The highest BCUT2D eigenvalue weighted by molar-refractivity contribution is 5.90. The van der Waals surface area contributed by atoms with Crippen LogP contribution in [0.3, 0.4) is 0 Å². The van der Waals surface area contributed by atoms with E-state index >= 15 is 0 Å². The van der Waals surface area contributed by atoms with Crippen LogP contribution in [0.1, 0.15) is 42.8 Å². The SMILES string of the molecule is CCOC(=O)c1ccc(-c2ccc(C(C)OC(C)=O)cc2)cc1. The summed E-state index contributed by atoms with van der Waals surface area (Å²) >= 11 is 0. The molecule has 23 heavy (non-hydrogen) atoms. The zero-order valence-corrected chi connectivity index (χ0v) is 13.5. The van der Waals surface area contributed by atoms with Gasteiger partial charge in [-0.05, 0) is 42.7 Å². The van der Waals surface area contributed by atoms with Crippen LogP contribution in [0.4, 0.5) is 0 Å². The maximum absolute atomic E-state index is 11.6. The molecule has 0 aliphatic carbocycles. The van der Waals surface area contributed by atoms with Crippen LogP contribution in [0, 0.1) is 0 Å². The lowest BCUT2D eigenvalue weighted by atomic mass is 10.0. The summed E-state index contributed by atoms with van der Waals surface area (Å²) in [6.07, 6.45) is -0.271. The van der Waals surface area contributed by atoms with Gasteiger partial charge in [0, 0.05) is 6.92 Å². The monoisotopic (exact) mass is 312 g/mol. The Morgan fingerprint density at radius 1 is 0.957 bits per heavy atom. The van der Waals surface area contributed by atoms with E-state index in [0.717, 1.165) is 16.7 Å². The fourth-order valence-electron chi connectivity index (χ4n) is 2.28. The summed E-state index contributed by atoms with van der Waals surface area (Å²) in [5, 5.41) is 0. The summed E-state index contributed by atoms with van der Waals surface area (Å²) in [5.74, 6) is -0.610. The van der Waals surface area contributed by atoms with E-state index in [4.69, 9.17) is 9.47 Å². The lowest BCUT2D eigenvalue weighted by molar-refractivity contribution is -0.145. The Bertz CT molecular complexity index is 672. The lowest BCUT2D eigenvalue weighted by Gasteiger charge is -2.12. The van der Waals surface area contributed by atoms with Crippen LogP contribution in [0.25, 0.3) is 11.1 Å². The molecule has 2 aromatic carbocycles. The van der Waals surface area contributed by atoms with Crippen molar-refractivity contribution in [3.05, 3.63) is 59.7 Å². The predicted molar refractivity (Wildman–Crippen MR) is 88.0 cm³/mol. The van der Waals surface area contributed by atoms with Gasteiger partial charge in [0.2, 0.25) is 0 Å². The summed E-state index contributed by atoms with van der Waals surface area (Å²) in [5.41, 5.74) is 3.51. The molecule has 0 aromatic heterocycles. The van der Waals surface area contributed by atoms with Crippen molar-refractivity contribution in [3.8, 4) is 11.1 Å². The number of benzene rings is 2. The number of ether oxygens (including phenoxy) is 2. The largest absolute Gasteiger partial charge is 0.462 e. The molecular weight excluding hydrogens is 292 g/mol. The van der Waals surface area contributed by atoms with Gasteiger partial charge in [0.1, 0.15) is 6.10 Å². The van der Waals surface area contributed by atoms with E-state index in [1.54, 1.807) is 19.1 Å². The normalized spacial score (nSPS) is 11.6. The van der Waals surface area contributed by atoms with Crippen LogP contribution < -0.4 is 0 Å². The summed E-state index contributed by atoms with van der Waals surface area (Å²) in [7, 11) is 0. The molecule has 0 saturated heterocycles. The minimum Gasteiger partial charge on any atom is -0.462 e. The molecule has 0 fully saturated rings. The van der Waals surface area contributed by atoms with Gasteiger partial charge < -0.3 is 9.47 Å². The van der Waals surface area contributed by atoms with E-state index in [1.165, 1.54) is 6.92 Å². The third kappa shape index (κ3) is 4.42. The Balaban J connectivity index is 2.13. The molecule has 0 aliphatic rings. The van der Waals surface area contributed by atoms with E-state index in [0.29, 0.717) is 12.2 Å². The summed E-state index contributed by atoms with van der Waals surface area (Å²) in [6.45, 7) is 5.38. The maximum atomic E-state index is 11.6. The van der Waals surface area contributed by atoms with Gasteiger partial charge in [0.15, 0.2) is 0 Å². The van der Waals surface area contributed by atoms with Gasteiger partial charge in [-0.2, -0.15) is 0 Å². The molecule has 0 aliphatic heterocycles. The smallest absolute Gasteiger partial charge is 0.338 e. The molecule has 4 nitrogen and oxygen atoms in total. The molecule has 0 bridgehead atoms. The molecule has 0 saturated carbocycles. The van der Waals surface area contributed by atoms with Crippen molar-refractivity contribution in [2.45, 2.75) is 26.9 Å². The molecule has 0 amide bonds. The molecular formula is C19H20O4. The zero-order valence-electron chi connectivity index (χ0n) is 13.5. The number of hydrogen-bond donors (Lipinski definition) is 0. The predicted octanol–water partition coefficient (Wildman–Crippen LogP) is 4.15. The van der Waals surface area contributed by atoms with Gasteiger partial charge in [-0.3, -0.25) is 4.79 Å². The Kier molecular flexibility index (Phi) is 5.52. The molecule has 1 atom stereocenters. The minimum absolute atomic E-state index is 0.271.